The van der Waals surface area contributed by atoms with E-state index in [1.807, 2.05) is 78.9 Å². The van der Waals surface area contributed by atoms with Crippen LogP contribution >= 0.6 is 11.6 Å². The molecule has 3 N–H and O–H groups in total. The van der Waals surface area contributed by atoms with E-state index in [-0.39, 0.29) is 42.8 Å². The highest BCUT2D eigenvalue weighted by atomic mass is 35.5. The Hall–Kier alpha value is -11.9. The lowest BCUT2D eigenvalue weighted by Crippen LogP contribution is -2.51. The smallest absolute Gasteiger partial charge is 0.259 e. The van der Waals surface area contributed by atoms with Crippen LogP contribution in [0.4, 0.5) is 27.1 Å². The van der Waals surface area contributed by atoms with E-state index in [4.69, 9.17) is 20.5 Å². The SMILES string of the molecule is [2H][C@]1(N2C(=O)c3cccc4c(Cc5ccc(CC6CCN(Cc7ccccc7)CC6)cc5)ccc2c34)CCC(=C)NC1=O.[2H][C@]1(N2C(=O)c3cccc4c(Cc5ccc(CN6CCN(c7ccc(Cl)cc7F)CC6)cc5)ccc2c34)CCC(=C)NC1=O.[2H][C@]1(N2C(=O)c3cccc4c(Cc5ccc(CN6CCOCC6)cc5)ccc2c34)CCC(=C)NC1=O. The minimum Gasteiger partial charge on any atom is -0.379 e. The fraction of sp³-hybridized carbons (Fsp3) is 0.287. The van der Waals surface area contributed by atoms with E-state index in [0.717, 1.165) is 165 Å². The van der Waals surface area contributed by atoms with Crippen LogP contribution in [0.15, 0.2) is 249 Å². The van der Waals surface area contributed by atoms with E-state index in [2.05, 4.69) is 158 Å². The largest absolute Gasteiger partial charge is 0.379 e. The van der Waals surface area contributed by atoms with Crippen LogP contribution in [0.2, 0.25) is 5.02 Å². The van der Waals surface area contributed by atoms with Crippen LogP contribution in [-0.2, 0) is 64.4 Å². The Morgan fingerprint density at radius 3 is 1.13 bits per heavy atom. The number of likely N-dealkylation sites (tertiary alicyclic amines) is 1. The van der Waals surface area contributed by atoms with E-state index >= 15 is 0 Å². The minimum atomic E-state index is -1.72. The number of halogens is 2. The summed E-state index contributed by atoms with van der Waals surface area (Å²) in [5, 5.41) is 13.9. The van der Waals surface area contributed by atoms with Gasteiger partial charge in [0.1, 0.15) is 23.9 Å². The van der Waals surface area contributed by atoms with Crippen LogP contribution in [0, 0.1) is 11.7 Å². The molecule has 0 unspecified atom stereocenters. The van der Waals surface area contributed by atoms with Gasteiger partial charge in [0.25, 0.3) is 17.7 Å². The average molecular weight is 1620 g/mol. The Labute approximate surface area is 708 Å². The zero-order chi connectivity index (χ0) is 85.0. The fourth-order valence-electron chi connectivity index (χ4n) is 18.7. The maximum atomic E-state index is 14.4. The van der Waals surface area contributed by atoms with Gasteiger partial charge >= 0.3 is 0 Å². The molecule has 6 fully saturated rings. The van der Waals surface area contributed by atoms with Gasteiger partial charge in [-0.05, 0) is 222 Å². The lowest BCUT2D eigenvalue weighted by atomic mass is 9.89. The first-order chi connectivity index (χ1) is 59.5. The Morgan fingerprint density at radius 2 is 0.742 bits per heavy atom. The normalized spacial score (nSPS) is 21.8. The molecule has 0 bridgehead atoms. The number of ether oxygens (including phenoxy) is 1. The first-order valence-corrected chi connectivity index (χ1v) is 42.3. The molecule has 608 valence electrons. The maximum Gasteiger partial charge on any atom is 0.259 e. The summed E-state index contributed by atoms with van der Waals surface area (Å²) in [6, 6.07) is 65.7. The molecule has 6 saturated heterocycles. The van der Waals surface area contributed by atoms with Gasteiger partial charge in [-0.3, -0.25) is 58.2 Å². The first-order valence-electron chi connectivity index (χ1n) is 43.4. The summed E-state index contributed by atoms with van der Waals surface area (Å²) in [6.45, 7) is 23.3. The van der Waals surface area contributed by atoms with Crippen molar-refractivity contribution in [1.29, 1.82) is 0 Å². The molecule has 0 radical (unpaired) electrons. The van der Waals surface area contributed by atoms with E-state index in [0.29, 0.717) is 87.2 Å². The number of carbonyl (C=O) groups excluding carboxylic acids is 6. The summed E-state index contributed by atoms with van der Waals surface area (Å²) in [7, 11) is 0. The molecule has 17 nitrogen and oxygen atoms in total. The Kier molecular flexibility index (Phi) is 21.7. The average Bonchev–Trinajstić information content (AvgIpc) is 1.58. The molecular weight excluding hydrogens is 1520 g/mol. The number of nitrogens with zero attached hydrogens (tertiary/aromatic N) is 7. The number of carbonyl (C=O) groups is 6. The number of morpholine rings is 1. The van der Waals surface area contributed by atoms with E-state index in [1.54, 1.807) is 24.3 Å². The first kappa shape index (κ1) is 75.6. The van der Waals surface area contributed by atoms with Crippen molar-refractivity contribution >= 4 is 102 Å². The van der Waals surface area contributed by atoms with Gasteiger partial charge in [0, 0.05) is 114 Å². The summed E-state index contributed by atoms with van der Waals surface area (Å²) in [4.78, 5) is 92.8. The van der Waals surface area contributed by atoms with E-state index in [1.165, 1.54) is 67.0 Å². The monoisotopic (exact) mass is 1620 g/mol. The van der Waals surface area contributed by atoms with Gasteiger partial charge in [0.15, 0.2) is 0 Å². The standard InChI is InChI=1S/C37H37N3O2.C35H32ClFN4O2.C29H29N3O3/c1-25-10-16-34(36(41)38-25)40-33-17-15-30(31-8-5-9-32(35(31)33)37(40)42)23-27-13-11-26(12-14-27)22-28-18-20-39(21-19-28)24-29-6-3-2-4-7-29;1-22-5-12-32(34(42)38-22)41-31-13-10-25(27-3-2-4-28(33(27)31)35(41)43)19-23-6-8-24(9-7-23)21-39-15-17-40(18-16-39)30-14-11-26(36)20-29(30)37;1-19-5-11-26(28(33)30-19)32-25-12-10-22(23-3-2-4-24(27(23)25)29(32)34)17-20-6-8-21(9-7-20)18-31-13-15-35-16-14-31/h2-9,11-15,17,28,34H,1,10,16,18-24H2,(H,38,41);2-4,6-11,13-14,20,32H,1,5,12,15-19,21H2,(H,38,42);2-4,6-10,12,26H,1,5,11,13-18H2,(H,30,33)/t34-;32-;26-/m000/s1/i34D;32D;26D. The molecule has 9 heterocycles. The van der Waals surface area contributed by atoms with Crippen molar-refractivity contribution in [2.24, 2.45) is 5.92 Å². The van der Waals surface area contributed by atoms with Crippen molar-refractivity contribution < 1.29 is 42.0 Å². The summed E-state index contributed by atoms with van der Waals surface area (Å²) in [6.07, 6.45) is 7.80. The number of allylic oxidation sites excluding steroid dienone is 3. The fourth-order valence-corrected chi connectivity index (χ4v) is 18.9. The second-order valence-corrected chi connectivity index (χ2v) is 33.4. The third-order valence-corrected chi connectivity index (χ3v) is 25.3. The quantitative estimate of drug-likeness (QED) is 0.0747. The van der Waals surface area contributed by atoms with Crippen molar-refractivity contribution in [2.45, 2.75) is 115 Å². The number of hydrogen-bond acceptors (Lipinski definition) is 11. The highest BCUT2D eigenvalue weighted by molar-refractivity contribution is 6.31. The van der Waals surface area contributed by atoms with Gasteiger partial charge < -0.3 is 25.6 Å². The van der Waals surface area contributed by atoms with Crippen molar-refractivity contribution in [1.82, 2.24) is 30.7 Å². The molecule has 19 heteroatoms. The van der Waals surface area contributed by atoms with Crippen molar-refractivity contribution in [3.05, 3.63) is 332 Å². The van der Waals surface area contributed by atoms with Crippen molar-refractivity contribution in [3.8, 4) is 0 Å². The van der Waals surface area contributed by atoms with E-state index < -0.39 is 35.8 Å². The number of nitrogens with one attached hydrogen (secondary N) is 3. The van der Waals surface area contributed by atoms with Crippen molar-refractivity contribution in [3.63, 3.8) is 0 Å². The van der Waals surface area contributed by atoms with E-state index in [9.17, 15) is 33.2 Å². The number of hydrogen-bond donors (Lipinski definition) is 3. The second-order valence-electron chi connectivity index (χ2n) is 33.0. The summed E-state index contributed by atoms with van der Waals surface area (Å²) >= 11 is 5.91. The second kappa shape index (κ2) is 34.4. The van der Waals surface area contributed by atoms with Crippen LogP contribution in [0.1, 0.15) is 142 Å². The molecular formula is C101H98ClFN10O7. The molecule has 6 amide bonds. The number of piperidine rings is 4. The molecule has 3 atom stereocenters. The molecule has 20 rings (SSSR count). The Bertz CT molecular complexity index is 6080. The van der Waals surface area contributed by atoms with Crippen molar-refractivity contribution in [2.75, 3.05) is 85.2 Å². The lowest BCUT2D eigenvalue weighted by molar-refractivity contribution is -0.123. The number of amides is 6. The third-order valence-electron chi connectivity index (χ3n) is 25.1. The topological polar surface area (TPSA) is 170 Å². The minimum absolute atomic E-state index is 0.198. The predicted octanol–water partition coefficient (Wildman–Crippen LogP) is 17.0. The van der Waals surface area contributed by atoms with Crippen LogP contribution in [0.25, 0.3) is 32.3 Å². The number of rotatable bonds is 18. The molecule has 11 aromatic rings. The maximum absolute atomic E-state index is 14.4. The highest BCUT2D eigenvalue weighted by Gasteiger charge is 2.44. The zero-order valence-electron chi connectivity index (χ0n) is 70.3. The number of piperazine rings is 1. The van der Waals surface area contributed by atoms with Crippen LogP contribution < -0.4 is 35.6 Å². The number of benzene rings is 11. The molecule has 9 aliphatic rings. The van der Waals surface area contributed by atoms with Crippen LogP contribution in [0.3, 0.4) is 0 Å². The van der Waals surface area contributed by atoms with Gasteiger partial charge in [0.05, 0.1) is 40.1 Å². The predicted molar refractivity (Wildman–Crippen MR) is 474 cm³/mol. The Morgan fingerprint density at radius 1 is 0.383 bits per heavy atom. The molecule has 0 aromatic heterocycles. The molecule has 0 saturated carbocycles. The third kappa shape index (κ3) is 16.4. The van der Waals surface area contributed by atoms with Crippen LogP contribution in [0.5, 0.6) is 0 Å². The summed E-state index contributed by atoms with van der Waals surface area (Å²) in [5.74, 6) is -1.99. The van der Waals surface area contributed by atoms with Gasteiger partial charge in [-0.15, -0.1) is 0 Å². The molecule has 11 aromatic carbocycles. The van der Waals surface area contributed by atoms with Gasteiger partial charge in [-0.25, -0.2) is 4.39 Å². The highest BCUT2D eigenvalue weighted by Crippen LogP contribution is 2.46. The van der Waals surface area contributed by atoms with Crippen LogP contribution in [-0.4, -0.2) is 134 Å². The summed E-state index contributed by atoms with van der Waals surface area (Å²) in [5.41, 5.74) is 18.1. The summed E-state index contributed by atoms with van der Waals surface area (Å²) < 4.78 is 46.8. The Balaban J connectivity index is 0.000000126. The van der Waals surface area contributed by atoms with Gasteiger partial charge in [0.2, 0.25) is 17.7 Å². The molecule has 9 aliphatic heterocycles. The lowest BCUT2D eigenvalue weighted by Gasteiger charge is -2.36. The zero-order valence-corrected chi connectivity index (χ0v) is 68.1. The number of anilines is 4. The molecule has 120 heavy (non-hydrogen) atoms. The van der Waals surface area contributed by atoms with Gasteiger partial charge in [-0.1, -0.05) is 189 Å². The molecule has 0 aliphatic carbocycles. The van der Waals surface area contributed by atoms with Gasteiger partial charge in [-0.2, -0.15) is 0 Å². The molecule has 0 spiro atoms.